The topological polar surface area (TPSA) is 29.5 Å². The SMILES string of the molecule is C=CCC[C@H](O)[C@@H](C)[C@H]1CC[C@H]2[C@@H]3CC(OC)[C@]45C[C@H]4CC[C@]5(C)[C@H]3CC[C@]12C. The summed E-state index contributed by atoms with van der Waals surface area (Å²) < 4.78 is 6.25. The number of fused-ring (bicyclic) bond motifs is 4. The molecule has 29 heavy (non-hydrogen) atoms. The average Bonchev–Trinajstić information content (AvgIpc) is 3.22. The first-order valence-electron chi connectivity index (χ1n) is 12.6. The fourth-order valence-electron chi connectivity index (χ4n) is 10.3. The second-order valence-corrected chi connectivity index (χ2v) is 12.3. The van der Waals surface area contributed by atoms with E-state index in [4.69, 9.17) is 4.74 Å². The maximum Gasteiger partial charge on any atom is 0.0638 e. The molecular formula is C27H44O2. The zero-order valence-electron chi connectivity index (χ0n) is 19.3. The van der Waals surface area contributed by atoms with E-state index >= 15 is 0 Å². The maximum absolute atomic E-state index is 10.9. The summed E-state index contributed by atoms with van der Waals surface area (Å²) in [6.07, 6.45) is 15.3. The predicted molar refractivity (Wildman–Crippen MR) is 118 cm³/mol. The lowest BCUT2D eigenvalue weighted by Gasteiger charge is -2.61. The molecule has 0 bridgehead atoms. The minimum Gasteiger partial charge on any atom is -0.393 e. The number of ether oxygens (including phenoxy) is 1. The van der Waals surface area contributed by atoms with Gasteiger partial charge in [-0.2, -0.15) is 0 Å². The molecule has 0 aromatic carbocycles. The second-order valence-electron chi connectivity index (χ2n) is 12.3. The van der Waals surface area contributed by atoms with Crippen LogP contribution in [0.15, 0.2) is 12.7 Å². The number of hydrogen-bond acceptors (Lipinski definition) is 2. The van der Waals surface area contributed by atoms with Crippen LogP contribution in [0.5, 0.6) is 0 Å². The lowest BCUT2D eigenvalue weighted by Crippen LogP contribution is -2.57. The van der Waals surface area contributed by atoms with Gasteiger partial charge in [-0.3, -0.25) is 0 Å². The summed E-state index contributed by atoms with van der Waals surface area (Å²) >= 11 is 0. The minimum atomic E-state index is -0.174. The van der Waals surface area contributed by atoms with E-state index in [9.17, 15) is 5.11 Å². The van der Waals surface area contributed by atoms with Crippen molar-refractivity contribution in [2.75, 3.05) is 7.11 Å². The largest absolute Gasteiger partial charge is 0.393 e. The first-order valence-corrected chi connectivity index (χ1v) is 12.6. The van der Waals surface area contributed by atoms with E-state index in [1.807, 2.05) is 13.2 Å². The smallest absolute Gasteiger partial charge is 0.0638 e. The number of aliphatic hydroxyl groups is 1. The molecule has 5 aliphatic carbocycles. The summed E-state index contributed by atoms with van der Waals surface area (Å²) in [5.74, 6) is 4.64. The molecule has 0 amide bonds. The van der Waals surface area contributed by atoms with Crippen molar-refractivity contribution in [3.8, 4) is 0 Å². The molecule has 2 nitrogen and oxygen atoms in total. The van der Waals surface area contributed by atoms with Crippen LogP contribution < -0.4 is 0 Å². The third-order valence-corrected chi connectivity index (χ3v) is 11.8. The molecule has 0 aliphatic heterocycles. The van der Waals surface area contributed by atoms with Gasteiger partial charge in [0.25, 0.3) is 0 Å². The Labute approximate surface area is 178 Å². The number of hydrogen-bond donors (Lipinski definition) is 1. The highest BCUT2D eigenvalue weighted by Gasteiger charge is 2.77. The Morgan fingerprint density at radius 1 is 1.14 bits per heavy atom. The van der Waals surface area contributed by atoms with Crippen LogP contribution >= 0.6 is 0 Å². The summed E-state index contributed by atoms with van der Waals surface area (Å²) in [6.45, 7) is 11.4. The highest BCUT2D eigenvalue weighted by atomic mass is 16.5. The second kappa shape index (κ2) is 6.83. The zero-order valence-corrected chi connectivity index (χ0v) is 19.3. The third-order valence-electron chi connectivity index (χ3n) is 11.8. The van der Waals surface area contributed by atoms with Crippen LogP contribution in [0, 0.1) is 51.8 Å². The normalized spacial score (nSPS) is 54.7. The van der Waals surface area contributed by atoms with Gasteiger partial charge in [0.2, 0.25) is 0 Å². The van der Waals surface area contributed by atoms with E-state index < -0.39 is 0 Å². The van der Waals surface area contributed by atoms with Gasteiger partial charge < -0.3 is 9.84 Å². The molecule has 1 unspecified atom stereocenters. The first-order chi connectivity index (χ1) is 13.8. The van der Waals surface area contributed by atoms with Crippen molar-refractivity contribution in [2.45, 2.75) is 97.2 Å². The van der Waals surface area contributed by atoms with Crippen molar-refractivity contribution in [1.29, 1.82) is 0 Å². The standard InChI is InChI=1S/C27H44O2/c1-6-7-8-23(28)17(2)20-9-10-21-19-15-24(29-5)27-16-18(27)11-14-26(27,4)22(19)12-13-25(20,21)3/h6,17-24,28H,1,7-16H2,2-5H3/t17-,18+,19-,20+,21-,22-,23-,24?,25+,26+,27-/m0/s1. The summed E-state index contributed by atoms with van der Waals surface area (Å²) in [4.78, 5) is 0. The van der Waals surface area contributed by atoms with Gasteiger partial charge in [-0.05, 0) is 111 Å². The van der Waals surface area contributed by atoms with E-state index in [0.29, 0.717) is 34.2 Å². The Balaban J connectivity index is 1.40. The molecule has 0 heterocycles. The fourth-order valence-corrected chi connectivity index (χ4v) is 10.3. The number of methoxy groups -OCH3 is 1. The van der Waals surface area contributed by atoms with E-state index in [0.717, 1.165) is 36.5 Å². The third kappa shape index (κ3) is 2.54. The molecule has 2 heteroatoms. The van der Waals surface area contributed by atoms with Crippen molar-refractivity contribution >= 4 is 0 Å². The van der Waals surface area contributed by atoms with E-state index in [1.54, 1.807) is 0 Å². The van der Waals surface area contributed by atoms with Crippen molar-refractivity contribution in [3.63, 3.8) is 0 Å². The molecule has 11 atom stereocenters. The lowest BCUT2D eigenvalue weighted by molar-refractivity contribution is -0.162. The number of allylic oxidation sites excluding steroid dienone is 1. The van der Waals surface area contributed by atoms with Crippen LogP contribution in [0.4, 0.5) is 0 Å². The van der Waals surface area contributed by atoms with Gasteiger partial charge in [0.1, 0.15) is 0 Å². The van der Waals surface area contributed by atoms with Gasteiger partial charge in [0, 0.05) is 12.5 Å². The van der Waals surface area contributed by atoms with Crippen LogP contribution in [0.1, 0.15) is 85.0 Å². The van der Waals surface area contributed by atoms with Crippen molar-refractivity contribution < 1.29 is 9.84 Å². The molecule has 0 aromatic heterocycles. The molecular weight excluding hydrogens is 356 g/mol. The van der Waals surface area contributed by atoms with Gasteiger partial charge in [-0.1, -0.05) is 26.8 Å². The Kier molecular flexibility index (Phi) is 4.84. The molecule has 0 radical (unpaired) electrons. The Hall–Kier alpha value is -0.340. The molecule has 1 N–H and O–H groups in total. The first kappa shape index (κ1) is 20.6. The van der Waals surface area contributed by atoms with Crippen LogP contribution in [0.2, 0.25) is 0 Å². The van der Waals surface area contributed by atoms with Crippen LogP contribution in [0.25, 0.3) is 0 Å². The predicted octanol–water partition coefficient (Wildman–Crippen LogP) is 6.23. The fraction of sp³-hybridized carbons (Fsp3) is 0.926. The molecule has 0 aromatic rings. The van der Waals surface area contributed by atoms with Crippen molar-refractivity contribution in [2.24, 2.45) is 51.8 Å². The van der Waals surface area contributed by atoms with Crippen LogP contribution in [0.3, 0.4) is 0 Å². The monoisotopic (exact) mass is 400 g/mol. The molecule has 5 aliphatic rings. The molecule has 5 fully saturated rings. The van der Waals surface area contributed by atoms with Crippen molar-refractivity contribution in [3.05, 3.63) is 12.7 Å². The van der Waals surface area contributed by atoms with E-state index in [-0.39, 0.29) is 6.10 Å². The van der Waals surface area contributed by atoms with Gasteiger partial charge in [-0.25, -0.2) is 0 Å². The highest BCUT2D eigenvalue weighted by Crippen LogP contribution is 2.82. The molecule has 164 valence electrons. The summed E-state index contributed by atoms with van der Waals surface area (Å²) in [6, 6.07) is 0. The Morgan fingerprint density at radius 3 is 2.62 bits per heavy atom. The summed E-state index contributed by atoms with van der Waals surface area (Å²) in [5, 5.41) is 10.9. The van der Waals surface area contributed by atoms with Crippen LogP contribution in [-0.4, -0.2) is 24.4 Å². The maximum atomic E-state index is 10.9. The van der Waals surface area contributed by atoms with Crippen LogP contribution in [-0.2, 0) is 4.74 Å². The quantitative estimate of drug-likeness (QED) is 0.535. The van der Waals surface area contributed by atoms with Gasteiger partial charge >= 0.3 is 0 Å². The number of rotatable bonds is 6. The molecule has 5 saturated carbocycles. The van der Waals surface area contributed by atoms with E-state index in [1.165, 1.54) is 51.4 Å². The lowest BCUT2D eigenvalue weighted by atomic mass is 9.45. The number of aliphatic hydroxyl groups excluding tert-OH is 1. The highest BCUT2D eigenvalue weighted by molar-refractivity contribution is 5.26. The van der Waals surface area contributed by atoms with Crippen molar-refractivity contribution in [1.82, 2.24) is 0 Å². The Bertz CT molecular complexity index is 659. The zero-order chi connectivity index (χ0) is 20.6. The van der Waals surface area contributed by atoms with Gasteiger partial charge in [0.05, 0.1) is 12.2 Å². The van der Waals surface area contributed by atoms with Gasteiger partial charge in [-0.15, -0.1) is 6.58 Å². The Morgan fingerprint density at radius 2 is 1.93 bits per heavy atom. The van der Waals surface area contributed by atoms with Gasteiger partial charge in [0.15, 0.2) is 0 Å². The molecule has 1 spiro atoms. The molecule has 0 saturated heterocycles. The minimum absolute atomic E-state index is 0.174. The van der Waals surface area contributed by atoms with E-state index in [2.05, 4.69) is 27.4 Å². The summed E-state index contributed by atoms with van der Waals surface area (Å²) in [5.41, 5.74) is 1.47. The average molecular weight is 401 g/mol. The summed E-state index contributed by atoms with van der Waals surface area (Å²) in [7, 11) is 1.99. The molecule has 5 rings (SSSR count).